The summed E-state index contributed by atoms with van der Waals surface area (Å²) in [6, 6.07) is 17.4. The van der Waals surface area contributed by atoms with Gasteiger partial charge in [0.2, 0.25) is 10.0 Å². The van der Waals surface area contributed by atoms with Crippen molar-refractivity contribution in [2.75, 3.05) is 24.5 Å². The number of nitrogens with zero attached hydrogens (tertiary/aromatic N) is 2. The van der Waals surface area contributed by atoms with Crippen LogP contribution in [0.25, 0.3) is 0 Å². The van der Waals surface area contributed by atoms with Crippen molar-refractivity contribution in [1.82, 2.24) is 4.31 Å². The minimum absolute atomic E-state index is 0.254. The molecule has 2 heterocycles. The minimum atomic E-state index is -3.38. The summed E-state index contributed by atoms with van der Waals surface area (Å²) in [5.41, 5.74) is 2.59. The van der Waals surface area contributed by atoms with E-state index in [2.05, 4.69) is 23.1 Å². The Labute approximate surface area is 131 Å². The molecule has 22 heavy (non-hydrogen) atoms. The molecule has 5 heteroatoms. The maximum atomic E-state index is 12.8. The maximum Gasteiger partial charge on any atom is 0.243 e. The van der Waals surface area contributed by atoms with E-state index >= 15 is 0 Å². The van der Waals surface area contributed by atoms with Gasteiger partial charge in [-0.05, 0) is 30.2 Å². The van der Waals surface area contributed by atoms with Crippen LogP contribution in [0.4, 0.5) is 5.69 Å². The van der Waals surface area contributed by atoms with Crippen LogP contribution in [0.1, 0.15) is 5.56 Å². The molecule has 1 atom stereocenters. The number of para-hydroxylation sites is 1. The average molecular weight is 314 g/mol. The highest BCUT2D eigenvalue weighted by Gasteiger charge is 2.38. The van der Waals surface area contributed by atoms with E-state index in [1.807, 2.05) is 12.1 Å². The molecule has 0 radical (unpaired) electrons. The highest BCUT2D eigenvalue weighted by molar-refractivity contribution is 7.89. The zero-order valence-corrected chi connectivity index (χ0v) is 13.0. The molecule has 1 unspecified atom stereocenters. The van der Waals surface area contributed by atoms with Gasteiger partial charge in [-0.1, -0.05) is 36.4 Å². The van der Waals surface area contributed by atoms with Gasteiger partial charge >= 0.3 is 0 Å². The number of piperazine rings is 1. The molecule has 1 fully saturated rings. The molecule has 2 aliphatic heterocycles. The first-order valence-electron chi connectivity index (χ1n) is 7.56. The van der Waals surface area contributed by atoms with Gasteiger partial charge in [0.15, 0.2) is 0 Å². The molecule has 0 N–H and O–H groups in total. The predicted octanol–water partition coefficient (Wildman–Crippen LogP) is 2.12. The number of sulfonamides is 1. The summed E-state index contributed by atoms with van der Waals surface area (Å²) in [4.78, 5) is 2.74. The van der Waals surface area contributed by atoms with Crippen molar-refractivity contribution in [3.05, 3.63) is 60.2 Å². The van der Waals surface area contributed by atoms with Crippen molar-refractivity contribution in [3.8, 4) is 0 Å². The standard InChI is InChI=1S/C17H18N2O2S/c20-22(21,16-7-2-1-3-8-16)18-10-11-19-15(13-18)12-14-6-4-5-9-17(14)19/h1-9,15H,10-13H2. The van der Waals surface area contributed by atoms with E-state index in [9.17, 15) is 8.42 Å². The van der Waals surface area contributed by atoms with Gasteiger partial charge in [-0.3, -0.25) is 0 Å². The SMILES string of the molecule is O=S(=O)(c1ccccc1)N1CCN2c3ccccc3CC2C1. The van der Waals surface area contributed by atoms with Gasteiger partial charge in [-0.25, -0.2) is 8.42 Å². The summed E-state index contributed by atoms with van der Waals surface area (Å²) < 4.78 is 27.1. The first kappa shape index (κ1) is 13.8. The second-order valence-corrected chi connectivity index (χ2v) is 7.79. The smallest absolute Gasteiger partial charge is 0.243 e. The number of benzene rings is 2. The highest BCUT2D eigenvalue weighted by atomic mass is 32.2. The van der Waals surface area contributed by atoms with E-state index in [0.717, 1.165) is 13.0 Å². The van der Waals surface area contributed by atoms with Crippen molar-refractivity contribution >= 4 is 15.7 Å². The molecule has 0 aromatic heterocycles. The zero-order valence-electron chi connectivity index (χ0n) is 12.2. The Balaban J connectivity index is 1.60. The molecule has 2 aromatic rings. The van der Waals surface area contributed by atoms with Crippen LogP contribution in [-0.4, -0.2) is 38.4 Å². The molecule has 4 nitrogen and oxygen atoms in total. The molecule has 2 aliphatic rings. The average Bonchev–Trinajstić information content (AvgIpc) is 2.93. The lowest BCUT2D eigenvalue weighted by molar-refractivity contribution is 0.340. The molecule has 4 rings (SSSR count). The van der Waals surface area contributed by atoms with Gasteiger partial charge in [0.25, 0.3) is 0 Å². The molecule has 114 valence electrons. The van der Waals surface area contributed by atoms with Crippen molar-refractivity contribution in [1.29, 1.82) is 0 Å². The van der Waals surface area contributed by atoms with Crippen molar-refractivity contribution < 1.29 is 8.42 Å². The number of hydrogen-bond acceptors (Lipinski definition) is 3. The number of rotatable bonds is 2. The summed E-state index contributed by atoms with van der Waals surface area (Å²) >= 11 is 0. The van der Waals surface area contributed by atoms with E-state index in [1.54, 1.807) is 28.6 Å². The topological polar surface area (TPSA) is 40.6 Å². The Hall–Kier alpha value is -1.85. The maximum absolute atomic E-state index is 12.8. The van der Waals surface area contributed by atoms with Gasteiger partial charge in [0.05, 0.1) is 4.90 Å². The first-order valence-corrected chi connectivity index (χ1v) is 9.00. The summed E-state index contributed by atoms with van der Waals surface area (Å²) in [7, 11) is -3.38. The van der Waals surface area contributed by atoms with E-state index in [1.165, 1.54) is 11.3 Å². The zero-order chi connectivity index (χ0) is 15.2. The second kappa shape index (κ2) is 5.11. The lowest BCUT2D eigenvalue weighted by Crippen LogP contribution is -2.53. The van der Waals surface area contributed by atoms with E-state index in [4.69, 9.17) is 0 Å². The summed E-state index contributed by atoms with van der Waals surface area (Å²) in [6.45, 7) is 1.86. The number of fused-ring (bicyclic) bond motifs is 3. The van der Waals surface area contributed by atoms with Crippen LogP contribution >= 0.6 is 0 Å². The fraction of sp³-hybridized carbons (Fsp3) is 0.294. The van der Waals surface area contributed by atoms with Crippen LogP contribution in [0.15, 0.2) is 59.5 Å². The normalized spacial score (nSPS) is 21.5. The largest absolute Gasteiger partial charge is 0.365 e. The monoisotopic (exact) mass is 314 g/mol. The van der Waals surface area contributed by atoms with Gasteiger partial charge < -0.3 is 4.90 Å². The van der Waals surface area contributed by atoms with E-state index < -0.39 is 10.0 Å². The molecule has 1 saturated heterocycles. The Morgan fingerprint density at radius 1 is 0.909 bits per heavy atom. The first-order chi connectivity index (χ1) is 10.7. The highest BCUT2D eigenvalue weighted by Crippen LogP contribution is 2.34. The quantitative estimate of drug-likeness (QED) is 0.852. The summed E-state index contributed by atoms with van der Waals surface area (Å²) in [6.07, 6.45) is 0.928. The summed E-state index contributed by atoms with van der Waals surface area (Å²) in [5, 5.41) is 0. The van der Waals surface area contributed by atoms with Crippen LogP contribution < -0.4 is 4.90 Å². The van der Waals surface area contributed by atoms with Crippen molar-refractivity contribution in [2.45, 2.75) is 17.4 Å². The molecular formula is C17H18N2O2S. The fourth-order valence-electron chi connectivity index (χ4n) is 3.50. The Morgan fingerprint density at radius 2 is 1.64 bits per heavy atom. The third-order valence-electron chi connectivity index (χ3n) is 4.58. The van der Waals surface area contributed by atoms with Crippen molar-refractivity contribution in [2.24, 2.45) is 0 Å². The van der Waals surface area contributed by atoms with Crippen LogP contribution in [0.3, 0.4) is 0 Å². The molecule has 0 spiro atoms. The van der Waals surface area contributed by atoms with Crippen LogP contribution in [-0.2, 0) is 16.4 Å². The van der Waals surface area contributed by atoms with Gasteiger partial charge in [-0.15, -0.1) is 0 Å². The van der Waals surface area contributed by atoms with E-state index in [0.29, 0.717) is 18.0 Å². The van der Waals surface area contributed by atoms with Crippen LogP contribution in [0.5, 0.6) is 0 Å². The summed E-state index contributed by atoms with van der Waals surface area (Å²) in [5.74, 6) is 0. The van der Waals surface area contributed by atoms with Gasteiger partial charge in [0, 0.05) is 31.4 Å². The van der Waals surface area contributed by atoms with Crippen molar-refractivity contribution in [3.63, 3.8) is 0 Å². The lowest BCUT2D eigenvalue weighted by Gasteiger charge is -2.38. The predicted molar refractivity (Wildman–Crippen MR) is 86.5 cm³/mol. The lowest BCUT2D eigenvalue weighted by atomic mass is 10.1. The second-order valence-electron chi connectivity index (χ2n) is 5.86. The van der Waals surface area contributed by atoms with Gasteiger partial charge in [-0.2, -0.15) is 4.31 Å². The molecule has 0 bridgehead atoms. The molecule has 0 amide bonds. The van der Waals surface area contributed by atoms with Gasteiger partial charge in [0.1, 0.15) is 0 Å². The van der Waals surface area contributed by atoms with Crippen LogP contribution in [0.2, 0.25) is 0 Å². The molecule has 0 aliphatic carbocycles. The molecule has 0 saturated carbocycles. The Kier molecular flexibility index (Phi) is 3.20. The third-order valence-corrected chi connectivity index (χ3v) is 6.46. The van der Waals surface area contributed by atoms with E-state index in [-0.39, 0.29) is 6.04 Å². The van der Waals surface area contributed by atoms with Crippen LogP contribution in [0, 0.1) is 0 Å². The number of hydrogen-bond donors (Lipinski definition) is 0. The molecule has 2 aromatic carbocycles. The Morgan fingerprint density at radius 3 is 2.45 bits per heavy atom. The minimum Gasteiger partial charge on any atom is -0.365 e. The number of anilines is 1. The third kappa shape index (κ3) is 2.12. The molecular weight excluding hydrogens is 296 g/mol. The Bertz CT molecular complexity index is 789. The fourth-order valence-corrected chi connectivity index (χ4v) is 4.99.